The fourth-order valence-corrected chi connectivity index (χ4v) is 3.61. The van der Waals surface area contributed by atoms with Gasteiger partial charge in [0.15, 0.2) is 0 Å². The Morgan fingerprint density at radius 2 is 1.06 bits per heavy atom. The first-order chi connectivity index (χ1) is 23.0. The monoisotopic (exact) mass is 668 g/mol. The number of amides is 1. The largest absolute Gasteiger partial charge is 0.445 e. The summed E-state index contributed by atoms with van der Waals surface area (Å²) in [6, 6.07) is 12.9. The van der Waals surface area contributed by atoms with Crippen molar-refractivity contribution in [3.8, 4) is 0 Å². The van der Waals surface area contributed by atoms with Crippen LogP contribution in [0.15, 0.2) is 48.5 Å². The molecule has 262 valence electrons. The van der Waals surface area contributed by atoms with Gasteiger partial charge in [0.25, 0.3) is 11.4 Å². The number of nitrogens with one attached hydrogen (secondary N) is 2. The van der Waals surface area contributed by atoms with Crippen molar-refractivity contribution in [2.24, 2.45) is 0 Å². The van der Waals surface area contributed by atoms with Crippen LogP contribution in [0, 0.1) is 20.2 Å². The first-order valence-electron chi connectivity index (χ1n) is 15.1. The van der Waals surface area contributed by atoms with Crippen molar-refractivity contribution in [3.63, 3.8) is 0 Å². The van der Waals surface area contributed by atoms with Crippen LogP contribution < -0.4 is 10.6 Å². The summed E-state index contributed by atoms with van der Waals surface area (Å²) in [5.74, 6) is 0. The number of alkyl carbamates (subject to hydrolysis) is 1. The van der Waals surface area contributed by atoms with Crippen molar-refractivity contribution < 1.29 is 52.5 Å². The molecule has 1 amide bonds. The quantitative estimate of drug-likeness (QED) is 0.0728. The number of nitro groups is 2. The molecule has 0 atom stereocenters. The highest BCUT2D eigenvalue weighted by molar-refractivity contribution is 5.67. The molecule has 2 N–H and O–H groups in total. The van der Waals surface area contributed by atoms with Crippen molar-refractivity contribution in [1.29, 1.82) is 0 Å². The summed E-state index contributed by atoms with van der Waals surface area (Å²) in [6.07, 6.45) is -0.487. The molecule has 0 aliphatic rings. The molecule has 17 nitrogen and oxygen atoms in total. The first-order valence-corrected chi connectivity index (χ1v) is 15.1. The Hall–Kier alpha value is -3.97. The molecule has 47 heavy (non-hydrogen) atoms. The molecule has 0 saturated heterocycles. The second-order valence-corrected chi connectivity index (χ2v) is 9.42. The lowest BCUT2D eigenvalue weighted by atomic mass is 10.2. The van der Waals surface area contributed by atoms with Gasteiger partial charge in [0.05, 0.1) is 108 Å². The summed E-state index contributed by atoms with van der Waals surface area (Å²) >= 11 is 0. The van der Waals surface area contributed by atoms with Gasteiger partial charge < -0.3 is 48.5 Å². The van der Waals surface area contributed by atoms with Gasteiger partial charge in [-0.1, -0.05) is 30.3 Å². The third kappa shape index (κ3) is 20.0. The number of non-ortho nitro benzene ring substituents is 1. The zero-order valence-electron chi connectivity index (χ0n) is 26.3. The highest BCUT2D eigenvalue weighted by Crippen LogP contribution is 2.28. The number of ether oxygens (including phenoxy) is 8. The standard InChI is InChI=1S/C30H44N4O13/c35-30(47-25-26-4-2-1-3-5-26)32-9-11-41-13-15-43-17-19-45-21-23-46-22-20-44-18-16-42-14-12-40-10-8-31-28-7-6-27(33(36)37)24-29(28)34(38)39/h1-7,24,31H,8-23,25H2,(H,32,35). The molecule has 0 saturated carbocycles. The van der Waals surface area contributed by atoms with Crippen LogP contribution in [0.4, 0.5) is 21.9 Å². The molecule has 0 aromatic heterocycles. The highest BCUT2D eigenvalue weighted by atomic mass is 16.6. The molecular formula is C30H44N4O13. The lowest BCUT2D eigenvalue weighted by molar-refractivity contribution is -0.393. The molecule has 0 heterocycles. The van der Waals surface area contributed by atoms with Gasteiger partial charge in [-0.15, -0.1) is 0 Å². The average Bonchev–Trinajstić information content (AvgIpc) is 3.07. The third-order valence-corrected chi connectivity index (χ3v) is 5.91. The number of benzene rings is 2. The second-order valence-electron chi connectivity index (χ2n) is 9.42. The molecule has 0 bridgehead atoms. The maximum atomic E-state index is 11.6. The lowest BCUT2D eigenvalue weighted by Crippen LogP contribution is -2.28. The van der Waals surface area contributed by atoms with Crippen molar-refractivity contribution in [3.05, 3.63) is 74.3 Å². The van der Waals surface area contributed by atoms with Crippen LogP contribution in [0.25, 0.3) is 0 Å². The molecule has 2 aromatic carbocycles. The Balaban J connectivity index is 1.25. The minimum atomic E-state index is -0.685. The summed E-state index contributed by atoms with van der Waals surface area (Å²) in [7, 11) is 0. The van der Waals surface area contributed by atoms with E-state index in [0.717, 1.165) is 11.6 Å². The smallest absolute Gasteiger partial charge is 0.407 e. The molecule has 0 spiro atoms. The summed E-state index contributed by atoms with van der Waals surface area (Å²) in [6.45, 7) is 6.41. The first kappa shape index (κ1) is 39.2. The number of carbonyl (C=O) groups excluding carboxylic acids is 1. The Morgan fingerprint density at radius 3 is 1.53 bits per heavy atom. The summed E-state index contributed by atoms with van der Waals surface area (Å²) < 4.78 is 43.1. The normalized spacial score (nSPS) is 10.9. The second kappa shape index (κ2) is 26.1. The van der Waals surface area contributed by atoms with E-state index >= 15 is 0 Å². The van der Waals surface area contributed by atoms with Crippen LogP contribution in [-0.2, 0) is 44.5 Å². The Morgan fingerprint density at radius 1 is 0.596 bits per heavy atom. The molecule has 0 aliphatic carbocycles. The zero-order valence-corrected chi connectivity index (χ0v) is 26.3. The lowest BCUT2D eigenvalue weighted by Gasteiger charge is -2.09. The molecule has 0 radical (unpaired) electrons. The van der Waals surface area contributed by atoms with Crippen LogP contribution >= 0.6 is 0 Å². The minimum Gasteiger partial charge on any atom is -0.445 e. The molecule has 2 aromatic rings. The van der Waals surface area contributed by atoms with Crippen LogP contribution in [0.1, 0.15) is 5.56 Å². The fourth-order valence-electron chi connectivity index (χ4n) is 3.61. The summed E-state index contributed by atoms with van der Waals surface area (Å²) in [5.41, 5.74) is 0.386. The van der Waals surface area contributed by atoms with Crippen LogP contribution in [0.3, 0.4) is 0 Å². The maximum absolute atomic E-state index is 11.6. The van der Waals surface area contributed by atoms with Gasteiger partial charge in [0.2, 0.25) is 0 Å². The summed E-state index contributed by atoms with van der Waals surface area (Å²) in [4.78, 5) is 32.2. The van der Waals surface area contributed by atoms with E-state index in [4.69, 9.17) is 37.9 Å². The van der Waals surface area contributed by atoms with E-state index in [2.05, 4.69) is 10.6 Å². The number of anilines is 1. The summed E-state index contributed by atoms with van der Waals surface area (Å²) in [5, 5.41) is 27.4. The van der Waals surface area contributed by atoms with Crippen LogP contribution in [-0.4, -0.2) is 122 Å². The van der Waals surface area contributed by atoms with Gasteiger partial charge in [-0.05, 0) is 11.6 Å². The Labute approximate surface area is 273 Å². The van der Waals surface area contributed by atoms with E-state index < -0.39 is 15.9 Å². The van der Waals surface area contributed by atoms with Gasteiger partial charge in [-0.25, -0.2) is 4.79 Å². The molecule has 0 unspecified atom stereocenters. The molecule has 0 aliphatic heterocycles. The van der Waals surface area contributed by atoms with E-state index in [-0.39, 0.29) is 36.8 Å². The van der Waals surface area contributed by atoms with Crippen LogP contribution in [0.5, 0.6) is 0 Å². The number of hydrogen-bond donors (Lipinski definition) is 2. The van der Waals surface area contributed by atoms with E-state index in [0.29, 0.717) is 92.4 Å². The van der Waals surface area contributed by atoms with E-state index in [1.54, 1.807) is 0 Å². The Kier molecular flexibility index (Phi) is 21.8. The van der Waals surface area contributed by atoms with Gasteiger partial charge in [-0.2, -0.15) is 0 Å². The van der Waals surface area contributed by atoms with Crippen molar-refractivity contribution in [1.82, 2.24) is 5.32 Å². The van der Waals surface area contributed by atoms with Crippen LogP contribution in [0.2, 0.25) is 0 Å². The predicted molar refractivity (Wildman–Crippen MR) is 169 cm³/mol. The number of rotatable bonds is 29. The van der Waals surface area contributed by atoms with Crippen molar-refractivity contribution in [2.45, 2.75) is 6.61 Å². The molecular weight excluding hydrogens is 624 g/mol. The fraction of sp³-hybridized carbons (Fsp3) is 0.567. The number of nitrogens with zero attached hydrogens (tertiary/aromatic N) is 2. The average molecular weight is 669 g/mol. The van der Waals surface area contributed by atoms with Crippen molar-refractivity contribution >= 4 is 23.2 Å². The number of carbonyl (C=O) groups is 1. The van der Waals surface area contributed by atoms with Gasteiger partial charge in [-0.3, -0.25) is 20.2 Å². The van der Waals surface area contributed by atoms with Gasteiger partial charge >= 0.3 is 6.09 Å². The third-order valence-electron chi connectivity index (χ3n) is 5.91. The number of hydrogen-bond acceptors (Lipinski definition) is 14. The van der Waals surface area contributed by atoms with Gasteiger partial charge in [0, 0.05) is 19.2 Å². The molecule has 0 fully saturated rings. The number of nitro benzene ring substituents is 2. The van der Waals surface area contributed by atoms with Crippen molar-refractivity contribution in [2.75, 3.05) is 111 Å². The topological polar surface area (TPSA) is 201 Å². The van der Waals surface area contributed by atoms with E-state index in [9.17, 15) is 25.0 Å². The Bertz CT molecular complexity index is 1140. The van der Waals surface area contributed by atoms with E-state index in [1.807, 2.05) is 30.3 Å². The molecule has 2 rings (SSSR count). The zero-order chi connectivity index (χ0) is 33.8. The predicted octanol–water partition coefficient (Wildman–Crippen LogP) is 2.96. The highest BCUT2D eigenvalue weighted by Gasteiger charge is 2.19. The molecule has 17 heteroatoms. The SMILES string of the molecule is O=C(NCCOCCOCCOCCOCCOCCOCCOCCNc1ccc([N+](=O)[O-])cc1[N+](=O)[O-])OCc1ccccc1. The van der Waals surface area contributed by atoms with Gasteiger partial charge in [0.1, 0.15) is 12.3 Å². The maximum Gasteiger partial charge on any atom is 0.407 e. The van der Waals surface area contributed by atoms with E-state index in [1.165, 1.54) is 12.1 Å². The minimum absolute atomic E-state index is 0.181.